The van der Waals surface area contributed by atoms with E-state index in [4.69, 9.17) is 4.74 Å². The largest absolute Gasteiger partial charge is 0.375 e. The van der Waals surface area contributed by atoms with Gasteiger partial charge in [-0.3, -0.25) is 0 Å². The normalized spacial score (nSPS) is 15.1. The van der Waals surface area contributed by atoms with Crippen molar-refractivity contribution in [1.82, 2.24) is 10.6 Å². The highest BCUT2D eigenvalue weighted by atomic mass is 16.5. The molecule has 1 aliphatic carbocycles. The highest BCUT2D eigenvalue weighted by molar-refractivity contribution is 5.13. The van der Waals surface area contributed by atoms with Crippen LogP contribution in [0.1, 0.15) is 18.4 Å². The zero-order chi connectivity index (χ0) is 11.8. The zero-order valence-corrected chi connectivity index (χ0v) is 10.3. The number of hydrogen-bond donors (Lipinski definition) is 2. The van der Waals surface area contributed by atoms with E-state index >= 15 is 0 Å². The van der Waals surface area contributed by atoms with E-state index in [1.807, 2.05) is 18.2 Å². The zero-order valence-electron chi connectivity index (χ0n) is 10.3. The Kier molecular flexibility index (Phi) is 5.49. The van der Waals surface area contributed by atoms with Gasteiger partial charge >= 0.3 is 0 Å². The van der Waals surface area contributed by atoms with Crippen molar-refractivity contribution in [2.45, 2.75) is 25.5 Å². The molecule has 0 bridgehead atoms. The summed E-state index contributed by atoms with van der Waals surface area (Å²) >= 11 is 0. The van der Waals surface area contributed by atoms with Crippen LogP contribution in [0.3, 0.4) is 0 Å². The molecule has 0 amide bonds. The molecule has 1 fully saturated rings. The first kappa shape index (κ1) is 12.6. The fraction of sp³-hybridized carbons (Fsp3) is 0.571. The molecule has 17 heavy (non-hydrogen) atoms. The Morgan fingerprint density at radius 3 is 2.65 bits per heavy atom. The Hall–Kier alpha value is -0.900. The number of rotatable bonds is 9. The minimum Gasteiger partial charge on any atom is -0.375 e. The van der Waals surface area contributed by atoms with Gasteiger partial charge < -0.3 is 15.4 Å². The summed E-state index contributed by atoms with van der Waals surface area (Å²) in [5, 5.41) is 6.84. The van der Waals surface area contributed by atoms with Gasteiger partial charge in [0, 0.05) is 25.7 Å². The van der Waals surface area contributed by atoms with Crippen LogP contribution in [0.4, 0.5) is 0 Å². The Balaban J connectivity index is 1.38. The van der Waals surface area contributed by atoms with E-state index in [1.165, 1.54) is 18.4 Å². The third-order valence-corrected chi connectivity index (χ3v) is 2.85. The molecule has 0 spiro atoms. The van der Waals surface area contributed by atoms with Crippen molar-refractivity contribution < 1.29 is 4.74 Å². The molecule has 1 aromatic carbocycles. The summed E-state index contributed by atoms with van der Waals surface area (Å²) in [7, 11) is 0. The van der Waals surface area contributed by atoms with Gasteiger partial charge in [-0.1, -0.05) is 30.3 Å². The molecule has 0 saturated heterocycles. The van der Waals surface area contributed by atoms with Gasteiger partial charge in [0.2, 0.25) is 0 Å². The van der Waals surface area contributed by atoms with E-state index in [2.05, 4.69) is 22.8 Å². The minimum absolute atomic E-state index is 0.711. The predicted octanol–water partition coefficient (Wildman–Crippen LogP) is 1.54. The molecular weight excluding hydrogens is 212 g/mol. The second-order valence-corrected chi connectivity index (χ2v) is 4.52. The van der Waals surface area contributed by atoms with E-state index in [9.17, 15) is 0 Å². The summed E-state index contributed by atoms with van der Waals surface area (Å²) in [5.41, 5.74) is 1.24. The lowest BCUT2D eigenvalue weighted by Gasteiger charge is -2.06. The fourth-order valence-electron chi connectivity index (χ4n) is 1.69. The molecule has 0 unspecified atom stereocenters. The molecule has 2 rings (SSSR count). The van der Waals surface area contributed by atoms with Crippen molar-refractivity contribution in [2.75, 3.05) is 26.2 Å². The van der Waals surface area contributed by atoms with Crippen LogP contribution in [0.25, 0.3) is 0 Å². The van der Waals surface area contributed by atoms with Crippen LogP contribution in [-0.2, 0) is 11.3 Å². The fourth-order valence-corrected chi connectivity index (χ4v) is 1.69. The van der Waals surface area contributed by atoms with Crippen molar-refractivity contribution in [3.63, 3.8) is 0 Å². The van der Waals surface area contributed by atoms with Crippen molar-refractivity contribution >= 4 is 0 Å². The van der Waals surface area contributed by atoms with Crippen LogP contribution in [0.15, 0.2) is 30.3 Å². The van der Waals surface area contributed by atoms with Crippen LogP contribution in [0.5, 0.6) is 0 Å². The van der Waals surface area contributed by atoms with E-state index in [0.29, 0.717) is 6.61 Å². The molecule has 3 heteroatoms. The predicted molar refractivity (Wildman–Crippen MR) is 70.0 cm³/mol. The van der Waals surface area contributed by atoms with Crippen molar-refractivity contribution in [1.29, 1.82) is 0 Å². The number of nitrogens with one attached hydrogen (secondary N) is 2. The average Bonchev–Trinajstić information content (AvgIpc) is 3.18. The molecule has 2 N–H and O–H groups in total. The monoisotopic (exact) mass is 234 g/mol. The van der Waals surface area contributed by atoms with Crippen molar-refractivity contribution in [3.8, 4) is 0 Å². The first-order chi connectivity index (χ1) is 8.45. The average molecular weight is 234 g/mol. The molecular formula is C14H22N2O. The van der Waals surface area contributed by atoms with Crippen LogP contribution < -0.4 is 10.6 Å². The summed E-state index contributed by atoms with van der Waals surface area (Å²) in [4.78, 5) is 0. The highest BCUT2D eigenvalue weighted by Crippen LogP contribution is 2.17. The second-order valence-electron chi connectivity index (χ2n) is 4.52. The Bertz CT molecular complexity index is 298. The SMILES string of the molecule is c1ccc(COCCNCCNC2CC2)cc1. The number of benzene rings is 1. The smallest absolute Gasteiger partial charge is 0.0717 e. The van der Waals surface area contributed by atoms with Gasteiger partial charge in [0.15, 0.2) is 0 Å². The molecule has 1 aliphatic rings. The van der Waals surface area contributed by atoms with Crippen LogP contribution in [0, 0.1) is 0 Å². The molecule has 0 aromatic heterocycles. The lowest BCUT2D eigenvalue weighted by molar-refractivity contribution is 0.123. The maximum absolute atomic E-state index is 5.58. The lowest BCUT2D eigenvalue weighted by Crippen LogP contribution is -2.30. The van der Waals surface area contributed by atoms with Gasteiger partial charge in [-0.05, 0) is 18.4 Å². The Labute approximate surface area is 104 Å². The highest BCUT2D eigenvalue weighted by Gasteiger charge is 2.19. The maximum Gasteiger partial charge on any atom is 0.0717 e. The molecule has 0 heterocycles. The quantitative estimate of drug-likeness (QED) is 0.636. The minimum atomic E-state index is 0.711. The summed E-state index contributed by atoms with van der Waals surface area (Å²) < 4.78 is 5.58. The van der Waals surface area contributed by atoms with E-state index in [0.717, 1.165) is 32.3 Å². The van der Waals surface area contributed by atoms with Crippen molar-refractivity contribution in [2.24, 2.45) is 0 Å². The molecule has 0 atom stereocenters. The van der Waals surface area contributed by atoms with E-state index in [1.54, 1.807) is 0 Å². The molecule has 0 aliphatic heterocycles. The van der Waals surface area contributed by atoms with E-state index < -0.39 is 0 Å². The Morgan fingerprint density at radius 2 is 1.88 bits per heavy atom. The summed E-state index contributed by atoms with van der Waals surface area (Å²) in [5.74, 6) is 0. The van der Waals surface area contributed by atoms with Gasteiger partial charge in [0.05, 0.1) is 13.2 Å². The Morgan fingerprint density at radius 1 is 1.06 bits per heavy atom. The summed E-state index contributed by atoms with van der Waals surface area (Å²) in [6.07, 6.45) is 2.72. The first-order valence-electron chi connectivity index (χ1n) is 6.51. The molecule has 1 saturated carbocycles. The van der Waals surface area contributed by atoms with E-state index in [-0.39, 0.29) is 0 Å². The lowest BCUT2D eigenvalue weighted by atomic mass is 10.2. The molecule has 0 radical (unpaired) electrons. The third-order valence-electron chi connectivity index (χ3n) is 2.85. The number of hydrogen-bond acceptors (Lipinski definition) is 3. The summed E-state index contributed by atoms with van der Waals surface area (Å²) in [6, 6.07) is 11.1. The van der Waals surface area contributed by atoms with Crippen LogP contribution >= 0.6 is 0 Å². The summed E-state index contributed by atoms with van der Waals surface area (Å²) in [6.45, 7) is 4.52. The standard InChI is InChI=1S/C14H22N2O/c1-2-4-13(5-3-1)12-17-11-10-15-8-9-16-14-6-7-14/h1-5,14-16H,6-12H2. The van der Waals surface area contributed by atoms with Gasteiger partial charge in [0.1, 0.15) is 0 Å². The topological polar surface area (TPSA) is 33.3 Å². The van der Waals surface area contributed by atoms with Crippen LogP contribution in [-0.4, -0.2) is 32.3 Å². The van der Waals surface area contributed by atoms with Crippen LogP contribution in [0.2, 0.25) is 0 Å². The maximum atomic E-state index is 5.58. The van der Waals surface area contributed by atoms with Gasteiger partial charge in [0.25, 0.3) is 0 Å². The molecule has 1 aromatic rings. The van der Waals surface area contributed by atoms with Gasteiger partial charge in [-0.15, -0.1) is 0 Å². The van der Waals surface area contributed by atoms with Gasteiger partial charge in [-0.25, -0.2) is 0 Å². The number of ether oxygens (including phenoxy) is 1. The molecule has 94 valence electrons. The van der Waals surface area contributed by atoms with Gasteiger partial charge in [-0.2, -0.15) is 0 Å². The first-order valence-corrected chi connectivity index (χ1v) is 6.51. The molecule has 3 nitrogen and oxygen atoms in total. The second kappa shape index (κ2) is 7.43. The third kappa shape index (κ3) is 5.82. The van der Waals surface area contributed by atoms with Crippen molar-refractivity contribution in [3.05, 3.63) is 35.9 Å².